The van der Waals surface area contributed by atoms with Crippen molar-refractivity contribution in [1.29, 1.82) is 0 Å². The molecule has 2 aromatic carbocycles. The van der Waals surface area contributed by atoms with Crippen LogP contribution in [0.3, 0.4) is 0 Å². The Hall–Kier alpha value is -2.14. The van der Waals surface area contributed by atoms with Crippen molar-refractivity contribution in [3.63, 3.8) is 0 Å². The van der Waals surface area contributed by atoms with E-state index in [1.807, 2.05) is 16.8 Å². The third-order valence-electron chi connectivity index (χ3n) is 3.21. The van der Waals surface area contributed by atoms with Gasteiger partial charge in [-0.3, -0.25) is 0 Å². The Kier molecular flexibility index (Phi) is 4.31. The second-order valence-electron chi connectivity index (χ2n) is 4.73. The normalized spacial score (nSPS) is 10.5. The Balaban J connectivity index is 1.61. The molecule has 0 radical (unpaired) electrons. The molecular formula is C16H15BrN4. The summed E-state index contributed by atoms with van der Waals surface area (Å²) in [7, 11) is 0. The molecule has 0 fully saturated rings. The number of nitrogens with zero attached hydrogens (tertiary/aromatic N) is 3. The monoisotopic (exact) mass is 342 g/mol. The van der Waals surface area contributed by atoms with Gasteiger partial charge in [0.25, 0.3) is 0 Å². The van der Waals surface area contributed by atoms with Crippen molar-refractivity contribution in [1.82, 2.24) is 14.8 Å². The largest absolute Gasteiger partial charge is 0.381 e. The molecule has 0 unspecified atom stereocenters. The average molecular weight is 343 g/mol. The maximum Gasteiger partial charge on any atom is 0.137 e. The summed E-state index contributed by atoms with van der Waals surface area (Å²) in [5, 5.41) is 7.53. The van der Waals surface area contributed by atoms with E-state index in [4.69, 9.17) is 0 Å². The lowest BCUT2D eigenvalue weighted by molar-refractivity contribution is 0.685. The van der Waals surface area contributed by atoms with Gasteiger partial charge in [0.15, 0.2) is 0 Å². The number of rotatable bonds is 5. The Bertz CT molecular complexity index is 693. The van der Waals surface area contributed by atoms with E-state index in [1.54, 1.807) is 12.7 Å². The molecule has 0 aliphatic carbocycles. The van der Waals surface area contributed by atoms with Crippen molar-refractivity contribution in [3.05, 3.63) is 76.8 Å². The second-order valence-corrected chi connectivity index (χ2v) is 5.59. The summed E-state index contributed by atoms with van der Waals surface area (Å²) in [6, 6.07) is 16.6. The van der Waals surface area contributed by atoms with Crippen LogP contribution in [0, 0.1) is 0 Å². The van der Waals surface area contributed by atoms with E-state index in [-0.39, 0.29) is 0 Å². The minimum atomic E-state index is 0.741. The number of anilines is 1. The number of benzene rings is 2. The lowest BCUT2D eigenvalue weighted by Gasteiger charge is -2.09. The van der Waals surface area contributed by atoms with Gasteiger partial charge in [-0.2, -0.15) is 5.10 Å². The molecule has 21 heavy (non-hydrogen) atoms. The van der Waals surface area contributed by atoms with E-state index >= 15 is 0 Å². The fourth-order valence-corrected chi connectivity index (χ4v) is 2.49. The summed E-state index contributed by atoms with van der Waals surface area (Å²) >= 11 is 3.56. The van der Waals surface area contributed by atoms with Gasteiger partial charge in [0.2, 0.25) is 0 Å². The van der Waals surface area contributed by atoms with Crippen LogP contribution >= 0.6 is 15.9 Å². The Morgan fingerprint density at radius 1 is 1.05 bits per heavy atom. The quantitative estimate of drug-likeness (QED) is 0.768. The van der Waals surface area contributed by atoms with Gasteiger partial charge in [0.05, 0.1) is 6.54 Å². The first kappa shape index (κ1) is 13.8. The van der Waals surface area contributed by atoms with Crippen LogP contribution in [-0.2, 0) is 13.1 Å². The number of aromatic nitrogens is 3. The number of nitrogens with one attached hydrogen (secondary N) is 1. The highest BCUT2D eigenvalue weighted by Gasteiger charge is 2.00. The van der Waals surface area contributed by atoms with Gasteiger partial charge < -0.3 is 5.32 Å². The molecule has 0 saturated heterocycles. The first-order valence-corrected chi connectivity index (χ1v) is 7.49. The van der Waals surface area contributed by atoms with Gasteiger partial charge in [0, 0.05) is 16.7 Å². The Labute approximate surface area is 132 Å². The van der Waals surface area contributed by atoms with Crippen molar-refractivity contribution >= 4 is 21.6 Å². The maximum atomic E-state index is 4.10. The Morgan fingerprint density at radius 3 is 2.57 bits per heavy atom. The fraction of sp³-hybridized carbons (Fsp3) is 0.125. The molecule has 0 atom stereocenters. The molecule has 106 valence electrons. The van der Waals surface area contributed by atoms with Crippen LogP contribution in [0.1, 0.15) is 11.1 Å². The van der Waals surface area contributed by atoms with Gasteiger partial charge in [-0.15, -0.1) is 0 Å². The summed E-state index contributed by atoms with van der Waals surface area (Å²) < 4.78 is 2.93. The van der Waals surface area contributed by atoms with E-state index in [0.29, 0.717) is 0 Å². The zero-order valence-electron chi connectivity index (χ0n) is 11.4. The van der Waals surface area contributed by atoms with Crippen LogP contribution in [0.2, 0.25) is 0 Å². The fourth-order valence-electron chi connectivity index (χ4n) is 2.07. The van der Waals surface area contributed by atoms with E-state index in [9.17, 15) is 0 Å². The molecule has 0 saturated carbocycles. The highest BCUT2D eigenvalue weighted by molar-refractivity contribution is 9.10. The third kappa shape index (κ3) is 3.70. The number of hydrogen-bond acceptors (Lipinski definition) is 3. The topological polar surface area (TPSA) is 42.7 Å². The predicted molar refractivity (Wildman–Crippen MR) is 87.0 cm³/mol. The van der Waals surface area contributed by atoms with Gasteiger partial charge in [-0.25, -0.2) is 9.67 Å². The summed E-state index contributed by atoms with van der Waals surface area (Å²) in [5.74, 6) is 0. The molecule has 1 N–H and O–H groups in total. The smallest absolute Gasteiger partial charge is 0.137 e. The zero-order chi connectivity index (χ0) is 14.5. The highest BCUT2D eigenvalue weighted by atomic mass is 79.9. The minimum absolute atomic E-state index is 0.741. The van der Waals surface area contributed by atoms with Crippen LogP contribution < -0.4 is 5.32 Å². The lowest BCUT2D eigenvalue weighted by atomic mass is 10.2. The van der Waals surface area contributed by atoms with Crippen molar-refractivity contribution in [2.75, 3.05) is 5.32 Å². The molecule has 0 spiro atoms. The predicted octanol–water partition coefficient (Wildman–Crippen LogP) is 3.70. The van der Waals surface area contributed by atoms with Crippen LogP contribution in [0.5, 0.6) is 0 Å². The number of hydrogen-bond donors (Lipinski definition) is 1. The molecule has 5 heteroatoms. The summed E-state index contributed by atoms with van der Waals surface area (Å²) in [6.45, 7) is 1.54. The minimum Gasteiger partial charge on any atom is -0.381 e. The van der Waals surface area contributed by atoms with Gasteiger partial charge in [-0.1, -0.05) is 46.3 Å². The van der Waals surface area contributed by atoms with Crippen molar-refractivity contribution < 1.29 is 0 Å². The molecule has 0 aliphatic heterocycles. The standard InChI is InChI=1S/C16H15BrN4/c17-16-4-2-1-3-14(16)9-19-15-7-5-13(6-8-15)10-21-12-18-11-20-21/h1-8,11-12,19H,9-10H2. The van der Waals surface area contributed by atoms with E-state index in [0.717, 1.165) is 23.2 Å². The van der Waals surface area contributed by atoms with Crippen LogP contribution in [-0.4, -0.2) is 14.8 Å². The van der Waals surface area contributed by atoms with Gasteiger partial charge >= 0.3 is 0 Å². The maximum absolute atomic E-state index is 4.10. The average Bonchev–Trinajstić information content (AvgIpc) is 3.01. The summed E-state index contributed by atoms with van der Waals surface area (Å²) in [5.41, 5.74) is 3.55. The molecule has 3 aromatic rings. The molecule has 0 aliphatic rings. The van der Waals surface area contributed by atoms with Crippen molar-refractivity contribution in [3.8, 4) is 0 Å². The molecule has 4 nitrogen and oxygen atoms in total. The van der Waals surface area contributed by atoms with Crippen molar-refractivity contribution in [2.24, 2.45) is 0 Å². The second kappa shape index (κ2) is 6.54. The van der Waals surface area contributed by atoms with Crippen LogP contribution in [0.25, 0.3) is 0 Å². The van der Waals surface area contributed by atoms with Crippen LogP contribution in [0.15, 0.2) is 65.7 Å². The molecule has 3 rings (SSSR count). The van der Waals surface area contributed by atoms with Crippen molar-refractivity contribution in [2.45, 2.75) is 13.1 Å². The molecule has 0 amide bonds. The SMILES string of the molecule is Brc1ccccc1CNc1ccc(Cn2cncn2)cc1. The van der Waals surface area contributed by atoms with E-state index < -0.39 is 0 Å². The molecule has 0 bridgehead atoms. The number of halogens is 1. The molecule has 1 aromatic heterocycles. The summed E-state index contributed by atoms with van der Waals surface area (Å²) in [6.07, 6.45) is 3.27. The first-order valence-electron chi connectivity index (χ1n) is 6.70. The lowest BCUT2D eigenvalue weighted by Crippen LogP contribution is -2.02. The molecule has 1 heterocycles. The highest BCUT2D eigenvalue weighted by Crippen LogP contribution is 2.18. The molecular weight excluding hydrogens is 328 g/mol. The van der Waals surface area contributed by atoms with E-state index in [1.165, 1.54) is 11.1 Å². The third-order valence-corrected chi connectivity index (χ3v) is 3.98. The van der Waals surface area contributed by atoms with Gasteiger partial charge in [-0.05, 0) is 29.3 Å². The first-order chi connectivity index (χ1) is 10.3. The van der Waals surface area contributed by atoms with E-state index in [2.05, 4.69) is 67.7 Å². The van der Waals surface area contributed by atoms with Crippen LogP contribution in [0.4, 0.5) is 5.69 Å². The Morgan fingerprint density at radius 2 is 1.86 bits per heavy atom. The van der Waals surface area contributed by atoms with Gasteiger partial charge in [0.1, 0.15) is 12.7 Å². The summed E-state index contributed by atoms with van der Waals surface area (Å²) in [4.78, 5) is 3.94. The zero-order valence-corrected chi connectivity index (χ0v) is 13.0.